The number of carbonyl (C=O) groups is 2. The summed E-state index contributed by atoms with van der Waals surface area (Å²) >= 11 is 0. The van der Waals surface area contributed by atoms with Gasteiger partial charge in [-0.15, -0.1) is 0 Å². The van der Waals surface area contributed by atoms with Crippen LogP contribution in [-0.2, 0) is 9.53 Å². The number of carbonyl (C=O) groups excluding carboxylic acids is 2. The summed E-state index contributed by atoms with van der Waals surface area (Å²) in [5, 5.41) is 22.5. The molecule has 0 spiro atoms. The predicted octanol–water partition coefficient (Wildman–Crippen LogP) is 0.821. The Labute approximate surface area is 132 Å². The van der Waals surface area contributed by atoms with Crippen LogP contribution in [-0.4, -0.2) is 40.5 Å². The fraction of sp³-hybridized carbons (Fsp3) is 0.467. The lowest BCUT2D eigenvalue weighted by atomic mass is 10.0. The van der Waals surface area contributed by atoms with Crippen LogP contribution in [0, 0.1) is 10.1 Å². The summed E-state index contributed by atoms with van der Waals surface area (Å²) in [5.41, 5.74) is 0.729. The number of nitrogens with one attached hydrogen (secondary N) is 1. The molecule has 3 aliphatic heterocycles. The van der Waals surface area contributed by atoms with E-state index in [0.29, 0.717) is 17.7 Å². The van der Waals surface area contributed by atoms with E-state index in [1.54, 1.807) is 6.92 Å². The molecule has 0 aliphatic carbocycles. The van der Waals surface area contributed by atoms with Crippen molar-refractivity contribution in [2.24, 2.45) is 0 Å². The first-order chi connectivity index (χ1) is 10.9. The van der Waals surface area contributed by atoms with E-state index in [1.807, 2.05) is 0 Å². The maximum absolute atomic E-state index is 11.1. The monoisotopic (exact) mass is 322 g/mol. The Morgan fingerprint density at radius 2 is 2.00 bits per heavy atom. The molecule has 3 atom stereocenters. The van der Waals surface area contributed by atoms with Crippen molar-refractivity contribution in [2.75, 3.05) is 6.54 Å². The van der Waals surface area contributed by atoms with Crippen LogP contribution in [0.15, 0.2) is 24.3 Å². The quantitative estimate of drug-likeness (QED) is 0.470. The van der Waals surface area contributed by atoms with Gasteiger partial charge in [-0.3, -0.25) is 14.9 Å². The number of hydrogen-bond donors (Lipinski definition) is 2. The minimum atomic E-state index is -1.36. The SMILES string of the molecule is CC(=O)C1CCC(O)CN1.O=C1OC([N+](=O)[O-])c2ccc1cc2. The number of β-amino-alcohol motifs (C(OH)–C–C–N with tert-alkyl or cyclic N) is 1. The number of piperidine rings is 1. The molecule has 8 heteroatoms. The van der Waals surface area contributed by atoms with Gasteiger partial charge in [0.25, 0.3) is 0 Å². The number of aliphatic hydroxyl groups excluding tert-OH is 1. The Hall–Kier alpha value is -2.32. The third kappa shape index (κ3) is 4.33. The van der Waals surface area contributed by atoms with E-state index in [2.05, 4.69) is 10.1 Å². The zero-order valence-corrected chi connectivity index (χ0v) is 12.6. The molecule has 4 rings (SSSR count). The molecule has 23 heavy (non-hydrogen) atoms. The largest absolute Gasteiger partial charge is 0.392 e. The van der Waals surface area contributed by atoms with E-state index in [9.17, 15) is 19.7 Å². The zero-order valence-electron chi connectivity index (χ0n) is 12.6. The molecule has 1 fully saturated rings. The van der Waals surface area contributed by atoms with Gasteiger partial charge in [0.05, 0.1) is 28.2 Å². The number of esters is 1. The molecular formula is C15H18N2O6. The third-order valence-corrected chi connectivity index (χ3v) is 3.72. The van der Waals surface area contributed by atoms with Gasteiger partial charge in [0.2, 0.25) is 0 Å². The second kappa shape index (κ2) is 7.30. The lowest BCUT2D eigenvalue weighted by Gasteiger charge is -2.24. The van der Waals surface area contributed by atoms with E-state index >= 15 is 0 Å². The van der Waals surface area contributed by atoms with Gasteiger partial charge in [0.1, 0.15) is 5.78 Å². The van der Waals surface area contributed by atoms with Crippen LogP contribution in [0.2, 0.25) is 0 Å². The smallest absolute Gasteiger partial charge is 0.383 e. The van der Waals surface area contributed by atoms with Crippen LogP contribution in [0.3, 0.4) is 0 Å². The van der Waals surface area contributed by atoms with E-state index in [0.717, 1.165) is 12.8 Å². The van der Waals surface area contributed by atoms with E-state index in [-0.39, 0.29) is 17.9 Å². The molecular weight excluding hydrogens is 304 g/mol. The maximum atomic E-state index is 11.1. The summed E-state index contributed by atoms with van der Waals surface area (Å²) in [7, 11) is 0. The lowest BCUT2D eigenvalue weighted by Crippen LogP contribution is -2.45. The lowest BCUT2D eigenvalue weighted by molar-refractivity contribution is -0.574. The first kappa shape index (κ1) is 17.0. The average molecular weight is 322 g/mol. The summed E-state index contributed by atoms with van der Waals surface area (Å²) in [4.78, 5) is 31.7. The number of ketones is 1. The highest BCUT2D eigenvalue weighted by Crippen LogP contribution is 2.24. The van der Waals surface area contributed by atoms with Gasteiger partial charge in [0.15, 0.2) is 0 Å². The molecule has 124 valence electrons. The van der Waals surface area contributed by atoms with Crippen molar-refractivity contribution in [3.8, 4) is 0 Å². The number of Topliss-reactive ketones (excluding diaryl/α,β-unsaturated/α-hetero) is 1. The highest BCUT2D eigenvalue weighted by molar-refractivity contribution is 5.90. The Kier molecular flexibility index (Phi) is 5.41. The first-order valence-corrected chi connectivity index (χ1v) is 7.25. The number of aliphatic hydroxyl groups is 1. The van der Waals surface area contributed by atoms with Crippen molar-refractivity contribution in [3.05, 3.63) is 45.5 Å². The Morgan fingerprint density at radius 3 is 2.48 bits per heavy atom. The second-order valence-corrected chi connectivity index (χ2v) is 5.47. The fourth-order valence-electron chi connectivity index (χ4n) is 2.37. The number of ether oxygens (including phenoxy) is 1. The molecule has 1 aromatic rings. The number of hydrogen-bond acceptors (Lipinski definition) is 7. The predicted molar refractivity (Wildman–Crippen MR) is 79.3 cm³/mol. The molecule has 3 aliphatic rings. The molecule has 1 aromatic carbocycles. The van der Waals surface area contributed by atoms with Crippen molar-refractivity contribution in [3.63, 3.8) is 0 Å². The molecule has 3 heterocycles. The van der Waals surface area contributed by atoms with Crippen LogP contribution in [0.25, 0.3) is 0 Å². The van der Waals surface area contributed by atoms with Crippen molar-refractivity contribution in [1.82, 2.24) is 5.32 Å². The van der Waals surface area contributed by atoms with Crippen LogP contribution >= 0.6 is 0 Å². The molecule has 0 amide bonds. The van der Waals surface area contributed by atoms with Crippen molar-refractivity contribution in [2.45, 2.75) is 38.1 Å². The van der Waals surface area contributed by atoms with Gasteiger partial charge in [-0.25, -0.2) is 4.79 Å². The molecule has 0 saturated carbocycles. The molecule has 1 saturated heterocycles. The fourth-order valence-corrected chi connectivity index (χ4v) is 2.37. The highest BCUT2D eigenvalue weighted by atomic mass is 16.7. The number of nitro groups is 1. The van der Waals surface area contributed by atoms with Crippen molar-refractivity contribution >= 4 is 11.8 Å². The van der Waals surface area contributed by atoms with Gasteiger partial charge >= 0.3 is 12.2 Å². The molecule has 2 bridgehead atoms. The van der Waals surface area contributed by atoms with Gasteiger partial charge in [-0.2, -0.15) is 0 Å². The van der Waals surface area contributed by atoms with Gasteiger partial charge in [-0.05, 0) is 44.0 Å². The first-order valence-electron chi connectivity index (χ1n) is 7.25. The molecule has 3 unspecified atom stereocenters. The van der Waals surface area contributed by atoms with Crippen molar-refractivity contribution < 1.29 is 24.4 Å². The number of benzene rings is 1. The van der Waals surface area contributed by atoms with Crippen LogP contribution in [0.5, 0.6) is 0 Å². The van der Waals surface area contributed by atoms with Crippen LogP contribution < -0.4 is 5.32 Å². The Bertz CT molecular complexity index is 592. The highest BCUT2D eigenvalue weighted by Gasteiger charge is 2.31. The van der Waals surface area contributed by atoms with E-state index in [1.165, 1.54) is 24.3 Å². The van der Waals surface area contributed by atoms with Gasteiger partial charge in [-0.1, -0.05) is 0 Å². The summed E-state index contributed by atoms with van der Waals surface area (Å²) in [6.45, 7) is 2.14. The average Bonchev–Trinajstić information content (AvgIpc) is 2.78. The summed E-state index contributed by atoms with van der Waals surface area (Å²) in [5.74, 6) is -0.478. The number of rotatable bonds is 2. The molecule has 2 N–H and O–H groups in total. The molecule has 0 aromatic heterocycles. The number of nitrogens with zero attached hydrogens (tertiary/aromatic N) is 1. The maximum Gasteiger partial charge on any atom is 0.383 e. The Morgan fingerprint density at radius 1 is 1.35 bits per heavy atom. The van der Waals surface area contributed by atoms with E-state index < -0.39 is 17.1 Å². The summed E-state index contributed by atoms with van der Waals surface area (Å²) < 4.78 is 4.62. The van der Waals surface area contributed by atoms with Gasteiger partial charge < -0.3 is 15.2 Å². The third-order valence-electron chi connectivity index (χ3n) is 3.72. The summed E-state index contributed by atoms with van der Waals surface area (Å²) in [6.07, 6.45) is -0.0936. The van der Waals surface area contributed by atoms with Crippen LogP contribution in [0.4, 0.5) is 0 Å². The standard InChI is InChI=1S/C8H5NO4.C7H13NO2/c10-8-6-3-1-5(2-4-6)7(13-8)9(11)12;1-5(9)7-3-2-6(10)4-8-7/h1-4,7H;6-8,10H,2-4H2,1H3. The number of fused-ring (bicyclic) bond motifs is 4. The van der Waals surface area contributed by atoms with Crippen LogP contribution in [0.1, 0.15) is 41.9 Å². The minimum Gasteiger partial charge on any atom is -0.392 e. The molecule has 8 nitrogen and oxygen atoms in total. The normalized spacial score (nSPS) is 25.7. The van der Waals surface area contributed by atoms with Gasteiger partial charge in [0, 0.05) is 6.54 Å². The topological polar surface area (TPSA) is 119 Å². The second-order valence-electron chi connectivity index (χ2n) is 5.47. The minimum absolute atomic E-state index is 0.0107. The summed E-state index contributed by atoms with van der Waals surface area (Å²) in [6, 6.07) is 6.06. The van der Waals surface area contributed by atoms with E-state index in [4.69, 9.17) is 5.11 Å². The molecule has 0 radical (unpaired) electrons. The van der Waals surface area contributed by atoms with Crippen molar-refractivity contribution in [1.29, 1.82) is 0 Å². The zero-order chi connectivity index (χ0) is 17.0. The Balaban J connectivity index is 0.000000174.